The Balaban J connectivity index is 1.60. The smallest absolute Gasteiger partial charge is 0.245 e. The molecule has 1 aromatic rings. The number of fused-ring (bicyclic) bond motifs is 1. The largest absolute Gasteiger partial charge is 0.323 e. The number of rotatable bonds is 3. The maximum absolute atomic E-state index is 11.9. The number of hydrogen-bond acceptors (Lipinski definition) is 5. The average Bonchev–Trinajstić information content (AvgIpc) is 2.90. The van der Waals surface area contributed by atoms with Crippen LogP contribution in [0.5, 0.6) is 0 Å². The molecule has 2 amide bonds. The van der Waals surface area contributed by atoms with Crippen LogP contribution in [-0.4, -0.2) is 39.9 Å². The summed E-state index contributed by atoms with van der Waals surface area (Å²) < 4.78 is 0. The van der Waals surface area contributed by atoms with Crippen molar-refractivity contribution in [2.24, 2.45) is 0 Å². The Kier molecular flexibility index (Phi) is 4.26. The van der Waals surface area contributed by atoms with Crippen molar-refractivity contribution in [1.29, 1.82) is 0 Å². The predicted octanol–water partition coefficient (Wildman–Crippen LogP) is 1.88. The first-order valence-electron chi connectivity index (χ1n) is 6.86. The van der Waals surface area contributed by atoms with Gasteiger partial charge in [-0.25, -0.2) is 4.98 Å². The lowest BCUT2D eigenvalue weighted by molar-refractivity contribution is -0.130. The molecular weight excluding hydrogens is 294 g/mol. The highest BCUT2D eigenvalue weighted by Crippen LogP contribution is 2.28. The summed E-state index contributed by atoms with van der Waals surface area (Å²) in [4.78, 5) is 30.8. The maximum Gasteiger partial charge on any atom is 0.245 e. The third-order valence-corrected chi connectivity index (χ3v) is 5.52. The Morgan fingerprint density at radius 3 is 2.95 bits per heavy atom. The fourth-order valence-electron chi connectivity index (χ4n) is 2.45. The number of nitrogens with one attached hydrogen (secondary N) is 1. The van der Waals surface area contributed by atoms with Crippen molar-refractivity contribution in [3.8, 4) is 0 Å². The van der Waals surface area contributed by atoms with Gasteiger partial charge in [0.1, 0.15) is 6.54 Å². The summed E-state index contributed by atoms with van der Waals surface area (Å²) >= 11 is 3.13. The third-order valence-electron chi connectivity index (χ3n) is 3.50. The molecule has 1 aliphatic carbocycles. The molecule has 0 atom stereocenters. The van der Waals surface area contributed by atoms with Crippen LogP contribution in [-0.2, 0) is 22.4 Å². The third kappa shape index (κ3) is 3.15. The van der Waals surface area contributed by atoms with E-state index in [1.165, 1.54) is 24.1 Å². The average molecular weight is 311 g/mol. The molecule has 0 spiro atoms. The highest BCUT2D eigenvalue weighted by atomic mass is 32.2. The van der Waals surface area contributed by atoms with Crippen molar-refractivity contribution < 1.29 is 9.59 Å². The molecule has 20 heavy (non-hydrogen) atoms. The zero-order chi connectivity index (χ0) is 13.9. The zero-order valence-electron chi connectivity index (χ0n) is 11.2. The Morgan fingerprint density at radius 1 is 1.30 bits per heavy atom. The van der Waals surface area contributed by atoms with E-state index in [2.05, 4.69) is 10.3 Å². The molecule has 2 aliphatic rings. The number of amides is 2. The molecule has 7 heteroatoms. The van der Waals surface area contributed by atoms with E-state index < -0.39 is 0 Å². The Labute approximate surface area is 126 Å². The van der Waals surface area contributed by atoms with Crippen molar-refractivity contribution in [2.45, 2.75) is 32.1 Å². The molecule has 1 saturated heterocycles. The molecule has 1 aromatic heterocycles. The Hall–Kier alpha value is -1.08. The van der Waals surface area contributed by atoms with E-state index in [1.54, 1.807) is 28.0 Å². The van der Waals surface area contributed by atoms with Crippen molar-refractivity contribution in [1.82, 2.24) is 9.88 Å². The summed E-state index contributed by atoms with van der Waals surface area (Å²) in [6, 6.07) is 0. The first-order chi connectivity index (χ1) is 9.72. The molecule has 1 aliphatic heterocycles. The molecule has 5 nitrogen and oxygen atoms in total. The highest BCUT2D eigenvalue weighted by molar-refractivity contribution is 8.00. The molecular formula is C13H17N3O2S2. The van der Waals surface area contributed by atoms with Crippen LogP contribution >= 0.6 is 23.1 Å². The lowest BCUT2D eigenvalue weighted by Gasteiger charge is -2.13. The minimum absolute atomic E-state index is 0.0417. The van der Waals surface area contributed by atoms with Crippen molar-refractivity contribution in [2.75, 3.05) is 23.5 Å². The molecule has 0 bridgehead atoms. The van der Waals surface area contributed by atoms with E-state index >= 15 is 0 Å². The molecule has 0 unspecified atom stereocenters. The van der Waals surface area contributed by atoms with Crippen LogP contribution in [0.25, 0.3) is 0 Å². The number of thiazole rings is 1. The number of anilines is 1. The molecule has 0 aromatic carbocycles. The Bertz CT molecular complexity index is 506. The minimum Gasteiger partial charge on any atom is -0.323 e. The van der Waals surface area contributed by atoms with Gasteiger partial charge in [-0.15, -0.1) is 23.1 Å². The van der Waals surface area contributed by atoms with Crippen LogP contribution < -0.4 is 5.32 Å². The quantitative estimate of drug-likeness (QED) is 0.866. The van der Waals surface area contributed by atoms with Gasteiger partial charge in [-0.05, 0) is 25.7 Å². The van der Waals surface area contributed by atoms with E-state index in [1.807, 2.05) is 0 Å². The monoisotopic (exact) mass is 311 g/mol. The van der Waals surface area contributed by atoms with Gasteiger partial charge in [0.15, 0.2) is 5.13 Å². The van der Waals surface area contributed by atoms with Gasteiger partial charge in [-0.2, -0.15) is 0 Å². The highest BCUT2D eigenvalue weighted by Gasteiger charge is 2.23. The predicted molar refractivity (Wildman–Crippen MR) is 81.0 cm³/mol. The summed E-state index contributed by atoms with van der Waals surface area (Å²) in [6.07, 6.45) is 5.75. The zero-order valence-corrected chi connectivity index (χ0v) is 12.8. The summed E-state index contributed by atoms with van der Waals surface area (Å²) in [5.74, 6) is 0.990. The number of aryl methyl sites for hydroxylation is 2. The van der Waals surface area contributed by atoms with Crippen molar-refractivity contribution in [3.63, 3.8) is 0 Å². The van der Waals surface area contributed by atoms with Crippen LogP contribution in [0.3, 0.4) is 0 Å². The number of carbonyl (C=O) groups is 2. The maximum atomic E-state index is 11.9. The van der Waals surface area contributed by atoms with Gasteiger partial charge in [0.2, 0.25) is 11.8 Å². The second-order valence-electron chi connectivity index (χ2n) is 5.07. The number of thioether (sulfide) groups is 1. The van der Waals surface area contributed by atoms with Crippen LogP contribution in [0.15, 0.2) is 0 Å². The summed E-state index contributed by atoms with van der Waals surface area (Å²) in [5, 5.41) is 3.51. The van der Waals surface area contributed by atoms with Crippen molar-refractivity contribution in [3.05, 3.63) is 10.6 Å². The van der Waals surface area contributed by atoms with Gasteiger partial charge in [0.05, 0.1) is 17.3 Å². The Morgan fingerprint density at radius 2 is 2.15 bits per heavy atom. The van der Waals surface area contributed by atoms with E-state index in [0.717, 1.165) is 18.5 Å². The summed E-state index contributed by atoms with van der Waals surface area (Å²) in [7, 11) is 0. The number of nitrogens with zero attached hydrogens (tertiary/aromatic N) is 2. The van der Waals surface area contributed by atoms with Crippen molar-refractivity contribution >= 4 is 40.0 Å². The minimum atomic E-state index is -0.148. The molecule has 2 heterocycles. The van der Waals surface area contributed by atoms with Crippen LogP contribution in [0.2, 0.25) is 0 Å². The standard InChI is InChI=1S/C13H17N3O2S2/c17-11(6-16-8-19-7-12(16)18)15-13-14-9-4-2-1-3-5-10(9)20-13/h1-8H2,(H,14,15,17). The van der Waals surface area contributed by atoms with E-state index in [9.17, 15) is 9.59 Å². The van der Waals surface area contributed by atoms with Gasteiger partial charge in [-0.1, -0.05) is 6.42 Å². The summed E-state index contributed by atoms with van der Waals surface area (Å²) in [6.45, 7) is 0.135. The fourth-order valence-corrected chi connectivity index (χ4v) is 4.42. The molecule has 0 radical (unpaired) electrons. The first-order valence-corrected chi connectivity index (χ1v) is 8.83. The van der Waals surface area contributed by atoms with Gasteiger partial charge in [0, 0.05) is 4.88 Å². The molecule has 108 valence electrons. The SMILES string of the molecule is O=C(CN1CSCC1=O)Nc1nc2c(s1)CCCCC2. The van der Waals surface area contributed by atoms with E-state index in [-0.39, 0.29) is 18.4 Å². The molecule has 1 N–H and O–H groups in total. The van der Waals surface area contributed by atoms with E-state index in [0.29, 0.717) is 16.8 Å². The lowest BCUT2D eigenvalue weighted by atomic mass is 10.2. The van der Waals surface area contributed by atoms with Gasteiger partial charge in [-0.3, -0.25) is 9.59 Å². The van der Waals surface area contributed by atoms with E-state index in [4.69, 9.17) is 0 Å². The second kappa shape index (κ2) is 6.13. The first kappa shape index (κ1) is 13.9. The fraction of sp³-hybridized carbons (Fsp3) is 0.615. The second-order valence-corrected chi connectivity index (χ2v) is 7.11. The normalized spacial score (nSPS) is 18.8. The number of hydrogen-bond donors (Lipinski definition) is 1. The van der Waals surface area contributed by atoms with Crippen LogP contribution in [0.4, 0.5) is 5.13 Å². The van der Waals surface area contributed by atoms with Crippen LogP contribution in [0.1, 0.15) is 29.8 Å². The van der Waals surface area contributed by atoms with Gasteiger partial charge >= 0.3 is 0 Å². The molecule has 3 rings (SSSR count). The number of carbonyl (C=O) groups excluding carboxylic acids is 2. The molecule has 0 saturated carbocycles. The van der Waals surface area contributed by atoms with Crippen LogP contribution in [0, 0.1) is 0 Å². The van der Waals surface area contributed by atoms with Gasteiger partial charge < -0.3 is 10.2 Å². The topological polar surface area (TPSA) is 62.3 Å². The van der Waals surface area contributed by atoms with Gasteiger partial charge in [0.25, 0.3) is 0 Å². The number of aromatic nitrogens is 1. The molecule has 1 fully saturated rings. The lowest BCUT2D eigenvalue weighted by Crippen LogP contribution is -2.34. The summed E-state index contributed by atoms with van der Waals surface area (Å²) in [5.41, 5.74) is 1.15.